The zero-order valence-electron chi connectivity index (χ0n) is 15.8. The summed E-state index contributed by atoms with van der Waals surface area (Å²) in [7, 11) is 0. The highest BCUT2D eigenvalue weighted by Gasteiger charge is 2.47. The number of Topliss-reactive ketones (excluding diaryl/α,β-unsaturated/α-hetero) is 1. The van der Waals surface area contributed by atoms with E-state index in [1.165, 1.54) is 6.92 Å². The normalized spacial score (nSPS) is 20.7. The van der Waals surface area contributed by atoms with Gasteiger partial charge in [0.1, 0.15) is 6.54 Å². The van der Waals surface area contributed by atoms with Crippen molar-refractivity contribution in [1.82, 2.24) is 9.88 Å². The smallest absolute Gasteiger partial charge is 0.246 e. The number of thiazole rings is 1. The number of rotatable bonds is 5. The van der Waals surface area contributed by atoms with Crippen molar-refractivity contribution in [3.63, 3.8) is 0 Å². The van der Waals surface area contributed by atoms with Crippen molar-refractivity contribution < 1.29 is 19.2 Å². The highest BCUT2D eigenvalue weighted by molar-refractivity contribution is 7.18. The molecule has 2 aliphatic rings. The number of fused-ring (bicyclic) bond motifs is 1. The van der Waals surface area contributed by atoms with E-state index in [4.69, 9.17) is 0 Å². The van der Waals surface area contributed by atoms with Gasteiger partial charge in [-0.25, -0.2) is 4.98 Å². The number of carbonyl (C=O) groups excluding carboxylic acids is 4. The number of ketones is 1. The first-order chi connectivity index (χ1) is 14.0. The second-order valence-electron chi connectivity index (χ2n) is 7.09. The van der Waals surface area contributed by atoms with Crippen LogP contribution in [-0.4, -0.2) is 39.9 Å². The van der Waals surface area contributed by atoms with Crippen LogP contribution in [0.2, 0.25) is 0 Å². The van der Waals surface area contributed by atoms with Gasteiger partial charge in [0.15, 0.2) is 10.9 Å². The van der Waals surface area contributed by atoms with E-state index in [1.807, 2.05) is 42.5 Å². The van der Waals surface area contributed by atoms with Gasteiger partial charge in [0.2, 0.25) is 17.7 Å². The summed E-state index contributed by atoms with van der Waals surface area (Å²) in [5.74, 6) is -1.99. The van der Waals surface area contributed by atoms with Crippen LogP contribution in [0.15, 0.2) is 42.5 Å². The summed E-state index contributed by atoms with van der Waals surface area (Å²) < 4.78 is 0. The minimum atomic E-state index is -0.512. The number of hydrogen-bond acceptors (Lipinski definition) is 6. The first kappa shape index (κ1) is 19.2. The van der Waals surface area contributed by atoms with Gasteiger partial charge in [-0.05, 0) is 12.8 Å². The SMILES string of the molecule is CC(=O)c1sc(NC(=O)CN2C(=O)[C@@H]3CC=CC[C@H]3C2=O)nc1-c1ccccc1. The van der Waals surface area contributed by atoms with Crippen LogP contribution in [-0.2, 0) is 14.4 Å². The number of amides is 3. The first-order valence-corrected chi connectivity index (χ1v) is 10.1. The number of nitrogens with zero attached hydrogens (tertiary/aromatic N) is 2. The van der Waals surface area contributed by atoms with Crippen LogP contribution in [0, 0.1) is 11.8 Å². The summed E-state index contributed by atoms with van der Waals surface area (Å²) in [5.41, 5.74) is 1.28. The van der Waals surface area contributed by atoms with E-state index < -0.39 is 5.91 Å². The Labute approximate surface area is 171 Å². The third kappa shape index (κ3) is 3.63. The van der Waals surface area contributed by atoms with E-state index in [2.05, 4.69) is 10.3 Å². The molecule has 1 fully saturated rings. The number of hydrogen-bond donors (Lipinski definition) is 1. The number of imide groups is 1. The number of nitrogens with one attached hydrogen (secondary N) is 1. The number of allylic oxidation sites excluding steroid dienone is 2. The van der Waals surface area contributed by atoms with Crippen LogP contribution in [0.5, 0.6) is 0 Å². The van der Waals surface area contributed by atoms with E-state index >= 15 is 0 Å². The molecule has 2 heterocycles. The number of benzene rings is 1. The molecule has 1 aliphatic heterocycles. The highest BCUT2D eigenvalue weighted by atomic mass is 32.1. The monoisotopic (exact) mass is 409 g/mol. The Kier molecular flexibility index (Phi) is 5.10. The fourth-order valence-corrected chi connectivity index (χ4v) is 4.63. The number of likely N-dealkylation sites (tertiary alicyclic amines) is 1. The largest absolute Gasteiger partial charge is 0.300 e. The lowest BCUT2D eigenvalue weighted by Gasteiger charge is -2.14. The van der Waals surface area contributed by atoms with Gasteiger partial charge < -0.3 is 5.32 Å². The Balaban J connectivity index is 1.50. The van der Waals surface area contributed by atoms with Crippen LogP contribution in [0.3, 0.4) is 0 Å². The molecule has 0 spiro atoms. The zero-order valence-corrected chi connectivity index (χ0v) is 16.6. The standard InChI is InChI=1S/C21H19N3O4S/c1-12(25)18-17(13-7-3-2-4-8-13)23-21(29-18)22-16(26)11-24-19(27)14-9-5-6-10-15(14)20(24)28/h2-8,14-15H,9-11H2,1H3,(H,22,23,26)/t14-,15-/m1/s1. The van der Waals surface area contributed by atoms with Gasteiger partial charge in [0, 0.05) is 12.5 Å². The molecule has 2 atom stereocenters. The fourth-order valence-electron chi connectivity index (χ4n) is 3.73. The summed E-state index contributed by atoms with van der Waals surface area (Å²) in [5, 5.41) is 2.89. The number of carbonyl (C=O) groups is 4. The van der Waals surface area contributed by atoms with Crippen molar-refractivity contribution in [2.75, 3.05) is 11.9 Å². The number of anilines is 1. The average Bonchev–Trinajstić information content (AvgIpc) is 3.24. The van der Waals surface area contributed by atoms with Gasteiger partial charge in [-0.15, -0.1) is 0 Å². The molecule has 2 aromatic rings. The second-order valence-corrected chi connectivity index (χ2v) is 8.08. The Hall–Kier alpha value is -3.13. The molecular weight excluding hydrogens is 390 g/mol. The lowest BCUT2D eigenvalue weighted by molar-refractivity contribution is -0.142. The Bertz CT molecular complexity index is 1000. The van der Waals surface area contributed by atoms with Gasteiger partial charge in [0.05, 0.1) is 22.4 Å². The van der Waals surface area contributed by atoms with E-state index in [9.17, 15) is 19.2 Å². The molecular formula is C21H19N3O4S. The van der Waals surface area contributed by atoms with Crippen molar-refractivity contribution in [2.24, 2.45) is 11.8 Å². The molecule has 0 saturated carbocycles. The predicted molar refractivity (Wildman–Crippen MR) is 108 cm³/mol. The molecule has 0 radical (unpaired) electrons. The minimum absolute atomic E-state index is 0.150. The molecule has 3 amide bonds. The minimum Gasteiger partial charge on any atom is -0.300 e. The maximum absolute atomic E-state index is 12.5. The molecule has 1 saturated heterocycles. The third-order valence-corrected chi connectivity index (χ3v) is 6.21. The summed E-state index contributed by atoms with van der Waals surface area (Å²) >= 11 is 1.08. The van der Waals surface area contributed by atoms with E-state index in [0.717, 1.165) is 21.8 Å². The van der Waals surface area contributed by atoms with Gasteiger partial charge in [-0.2, -0.15) is 0 Å². The van der Waals surface area contributed by atoms with Crippen molar-refractivity contribution in [2.45, 2.75) is 19.8 Å². The van der Waals surface area contributed by atoms with E-state index in [0.29, 0.717) is 23.4 Å². The fraction of sp³-hybridized carbons (Fsp3) is 0.286. The topological polar surface area (TPSA) is 96.4 Å². The summed E-state index contributed by atoms with van der Waals surface area (Å²) in [4.78, 5) is 55.4. The second kappa shape index (κ2) is 7.71. The molecule has 8 heteroatoms. The molecule has 1 aliphatic carbocycles. The molecule has 0 unspecified atom stereocenters. The molecule has 29 heavy (non-hydrogen) atoms. The quantitative estimate of drug-likeness (QED) is 0.465. The van der Waals surface area contributed by atoms with E-state index in [-0.39, 0.29) is 41.1 Å². The molecule has 0 bridgehead atoms. The third-order valence-electron chi connectivity index (χ3n) is 5.14. The summed E-state index contributed by atoms with van der Waals surface area (Å²) in [6.07, 6.45) is 4.87. The Morgan fingerprint density at radius 3 is 2.31 bits per heavy atom. The molecule has 1 aromatic carbocycles. The van der Waals surface area contributed by atoms with Gasteiger partial charge in [-0.1, -0.05) is 53.8 Å². The molecule has 148 valence electrons. The average molecular weight is 409 g/mol. The van der Waals surface area contributed by atoms with Crippen LogP contribution >= 0.6 is 11.3 Å². The maximum atomic E-state index is 12.5. The Morgan fingerprint density at radius 1 is 1.10 bits per heavy atom. The molecule has 1 aromatic heterocycles. The molecule has 4 rings (SSSR count). The summed E-state index contributed by atoms with van der Waals surface area (Å²) in [6, 6.07) is 9.23. The van der Waals surface area contributed by atoms with Crippen LogP contribution in [0.25, 0.3) is 11.3 Å². The van der Waals surface area contributed by atoms with Crippen LogP contribution < -0.4 is 5.32 Å². The number of aromatic nitrogens is 1. The van der Waals surface area contributed by atoms with Crippen molar-refractivity contribution in [3.05, 3.63) is 47.4 Å². The molecule has 7 nitrogen and oxygen atoms in total. The van der Waals surface area contributed by atoms with Gasteiger partial charge >= 0.3 is 0 Å². The van der Waals surface area contributed by atoms with Gasteiger partial charge in [-0.3, -0.25) is 24.1 Å². The predicted octanol–water partition coefficient (Wildman–Crippen LogP) is 2.90. The molecule has 1 N–H and O–H groups in total. The lowest BCUT2D eigenvalue weighted by Crippen LogP contribution is -2.38. The van der Waals surface area contributed by atoms with Crippen molar-refractivity contribution in [3.8, 4) is 11.3 Å². The summed E-state index contributed by atoms with van der Waals surface area (Å²) in [6.45, 7) is 1.10. The van der Waals surface area contributed by atoms with Crippen LogP contribution in [0.4, 0.5) is 5.13 Å². The van der Waals surface area contributed by atoms with E-state index in [1.54, 1.807) is 0 Å². The first-order valence-electron chi connectivity index (χ1n) is 9.33. The zero-order chi connectivity index (χ0) is 20.5. The van der Waals surface area contributed by atoms with Crippen LogP contribution in [0.1, 0.15) is 29.4 Å². The maximum Gasteiger partial charge on any atom is 0.246 e. The van der Waals surface area contributed by atoms with Crippen molar-refractivity contribution >= 4 is 40.0 Å². The van der Waals surface area contributed by atoms with Crippen molar-refractivity contribution in [1.29, 1.82) is 0 Å². The highest BCUT2D eigenvalue weighted by Crippen LogP contribution is 2.35. The Morgan fingerprint density at radius 2 is 1.72 bits per heavy atom. The lowest BCUT2D eigenvalue weighted by atomic mass is 9.85. The van der Waals surface area contributed by atoms with Gasteiger partial charge in [0.25, 0.3) is 0 Å².